The minimum atomic E-state index is -0.952. The van der Waals surface area contributed by atoms with Crippen LogP contribution in [0.3, 0.4) is 0 Å². The predicted octanol–water partition coefficient (Wildman–Crippen LogP) is 3.63. The number of amides is 1. The van der Waals surface area contributed by atoms with Crippen LogP contribution in [0.5, 0.6) is 0 Å². The minimum absolute atomic E-state index is 0.0270. The zero-order valence-electron chi connectivity index (χ0n) is 14.5. The second-order valence-electron chi connectivity index (χ2n) is 6.60. The summed E-state index contributed by atoms with van der Waals surface area (Å²) in [5.74, 6) is -0.925. The highest BCUT2D eigenvalue weighted by Crippen LogP contribution is 2.28. The molecule has 126 valence electrons. The van der Waals surface area contributed by atoms with E-state index in [9.17, 15) is 9.59 Å². The van der Waals surface area contributed by atoms with Crippen LogP contribution in [-0.4, -0.2) is 28.9 Å². The highest BCUT2D eigenvalue weighted by atomic mass is 16.4. The highest BCUT2D eigenvalue weighted by Gasteiger charge is 2.33. The number of aryl methyl sites for hydroxylation is 1. The van der Waals surface area contributed by atoms with Crippen molar-refractivity contribution in [2.24, 2.45) is 0 Å². The molecule has 0 radical (unpaired) electrons. The van der Waals surface area contributed by atoms with E-state index < -0.39 is 11.4 Å². The van der Waals surface area contributed by atoms with Gasteiger partial charge in [0, 0.05) is 13.6 Å². The summed E-state index contributed by atoms with van der Waals surface area (Å²) >= 11 is 0. The number of aromatic carboxylic acids is 1. The summed E-state index contributed by atoms with van der Waals surface area (Å²) in [6.07, 6.45) is 0. The minimum Gasteiger partial charge on any atom is -0.478 e. The standard InChI is InChI=1S/C20H23NO3/c1-14-7-5-6-8-17(14)20(2,3)19(24)21(4)13-15-9-11-16(12-10-15)18(22)23/h5-12H,13H2,1-4H3,(H,22,23). The lowest BCUT2D eigenvalue weighted by molar-refractivity contribution is -0.135. The van der Waals surface area contributed by atoms with E-state index >= 15 is 0 Å². The lowest BCUT2D eigenvalue weighted by Gasteiger charge is -2.31. The van der Waals surface area contributed by atoms with Crippen molar-refractivity contribution in [3.05, 3.63) is 70.8 Å². The van der Waals surface area contributed by atoms with Crippen LogP contribution in [0.4, 0.5) is 0 Å². The Bertz CT molecular complexity index is 748. The molecule has 0 bridgehead atoms. The molecule has 0 saturated heterocycles. The third-order valence-corrected chi connectivity index (χ3v) is 4.32. The Labute approximate surface area is 142 Å². The molecule has 0 spiro atoms. The van der Waals surface area contributed by atoms with Gasteiger partial charge in [0.25, 0.3) is 0 Å². The molecular formula is C20H23NO3. The maximum absolute atomic E-state index is 12.9. The van der Waals surface area contributed by atoms with Crippen molar-refractivity contribution in [3.63, 3.8) is 0 Å². The van der Waals surface area contributed by atoms with Gasteiger partial charge in [-0.2, -0.15) is 0 Å². The molecule has 2 aromatic carbocycles. The van der Waals surface area contributed by atoms with E-state index in [1.54, 1.807) is 36.2 Å². The van der Waals surface area contributed by atoms with Crippen LogP contribution >= 0.6 is 0 Å². The van der Waals surface area contributed by atoms with Crippen LogP contribution in [0.25, 0.3) is 0 Å². The topological polar surface area (TPSA) is 57.6 Å². The van der Waals surface area contributed by atoms with Gasteiger partial charge in [-0.25, -0.2) is 4.79 Å². The number of carbonyl (C=O) groups excluding carboxylic acids is 1. The summed E-state index contributed by atoms with van der Waals surface area (Å²) in [7, 11) is 1.77. The Morgan fingerprint density at radius 3 is 2.17 bits per heavy atom. The average molecular weight is 325 g/mol. The Balaban J connectivity index is 2.16. The fourth-order valence-electron chi connectivity index (χ4n) is 2.96. The number of hydrogen-bond donors (Lipinski definition) is 1. The zero-order chi connectivity index (χ0) is 17.9. The van der Waals surface area contributed by atoms with Gasteiger partial charge in [-0.15, -0.1) is 0 Å². The zero-order valence-corrected chi connectivity index (χ0v) is 14.5. The van der Waals surface area contributed by atoms with Crippen molar-refractivity contribution in [3.8, 4) is 0 Å². The first-order chi connectivity index (χ1) is 11.2. The second-order valence-corrected chi connectivity index (χ2v) is 6.60. The first-order valence-corrected chi connectivity index (χ1v) is 7.87. The summed E-state index contributed by atoms with van der Waals surface area (Å²) in [4.78, 5) is 25.5. The number of likely N-dealkylation sites (N-methyl/N-ethyl adjacent to an activating group) is 1. The molecule has 0 saturated carbocycles. The first kappa shape index (κ1) is 17.7. The normalized spacial score (nSPS) is 11.2. The van der Waals surface area contributed by atoms with Crippen LogP contribution in [0.15, 0.2) is 48.5 Å². The highest BCUT2D eigenvalue weighted by molar-refractivity contribution is 5.88. The molecule has 1 N–H and O–H groups in total. The number of carboxylic acid groups (broad SMARTS) is 1. The summed E-state index contributed by atoms with van der Waals surface area (Å²) in [5.41, 5.74) is 2.63. The molecule has 0 aromatic heterocycles. The molecule has 1 amide bonds. The van der Waals surface area contributed by atoms with Crippen molar-refractivity contribution in [1.82, 2.24) is 4.90 Å². The van der Waals surface area contributed by atoms with Gasteiger partial charge in [-0.3, -0.25) is 4.79 Å². The van der Waals surface area contributed by atoms with Gasteiger partial charge in [-0.1, -0.05) is 36.4 Å². The number of hydrogen-bond acceptors (Lipinski definition) is 2. The van der Waals surface area contributed by atoms with Crippen molar-refractivity contribution in [2.75, 3.05) is 7.05 Å². The largest absolute Gasteiger partial charge is 0.478 e. The third-order valence-electron chi connectivity index (χ3n) is 4.32. The maximum Gasteiger partial charge on any atom is 0.335 e. The molecule has 4 heteroatoms. The van der Waals surface area contributed by atoms with Crippen LogP contribution in [-0.2, 0) is 16.8 Å². The van der Waals surface area contributed by atoms with Gasteiger partial charge in [0.2, 0.25) is 5.91 Å². The molecule has 0 aliphatic rings. The number of benzene rings is 2. The Hall–Kier alpha value is -2.62. The van der Waals surface area contributed by atoms with Crippen LogP contribution in [0, 0.1) is 6.92 Å². The predicted molar refractivity (Wildman–Crippen MR) is 94.1 cm³/mol. The molecule has 0 atom stereocenters. The smallest absolute Gasteiger partial charge is 0.335 e. The van der Waals surface area contributed by atoms with Crippen LogP contribution in [0.2, 0.25) is 0 Å². The number of nitrogens with zero attached hydrogens (tertiary/aromatic N) is 1. The Kier molecular flexibility index (Phi) is 5.07. The number of carbonyl (C=O) groups is 2. The van der Waals surface area contributed by atoms with Gasteiger partial charge in [0.05, 0.1) is 11.0 Å². The SMILES string of the molecule is Cc1ccccc1C(C)(C)C(=O)N(C)Cc1ccc(C(=O)O)cc1. The lowest BCUT2D eigenvalue weighted by atomic mass is 9.81. The molecular weight excluding hydrogens is 302 g/mol. The van der Waals surface area contributed by atoms with E-state index in [4.69, 9.17) is 5.11 Å². The molecule has 0 aliphatic carbocycles. The first-order valence-electron chi connectivity index (χ1n) is 7.87. The van der Waals surface area contributed by atoms with Gasteiger partial charge in [0.1, 0.15) is 0 Å². The van der Waals surface area contributed by atoms with E-state index in [1.807, 2.05) is 45.0 Å². The third kappa shape index (κ3) is 3.65. The van der Waals surface area contributed by atoms with Gasteiger partial charge in [-0.05, 0) is 49.6 Å². The van der Waals surface area contributed by atoms with E-state index in [1.165, 1.54) is 0 Å². The van der Waals surface area contributed by atoms with E-state index in [-0.39, 0.29) is 11.5 Å². The quantitative estimate of drug-likeness (QED) is 0.913. The van der Waals surface area contributed by atoms with Crippen LogP contribution < -0.4 is 0 Å². The maximum atomic E-state index is 12.9. The number of rotatable bonds is 5. The fraction of sp³-hybridized carbons (Fsp3) is 0.300. The summed E-state index contributed by atoms with van der Waals surface area (Å²) in [5, 5.41) is 8.94. The molecule has 24 heavy (non-hydrogen) atoms. The Morgan fingerprint density at radius 2 is 1.62 bits per heavy atom. The summed E-state index contributed by atoms with van der Waals surface area (Å²) < 4.78 is 0. The van der Waals surface area contributed by atoms with E-state index in [0.29, 0.717) is 6.54 Å². The number of carboxylic acids is 1. The molecule has 2 aromatic rings. The van der Waals surface area contributed by atoms with E-state index in [2.05, 4.69) is 0 Å². The Morgan fingerprint density at radius 1 is 1.04 bits per heavy atom. The van der Waals surface area contributed by atoms with Crippen molar-refractivity contribution >= 4 is 11.9 Å². The van der Waals surface area contributed by atoms with Gasteiger partial charge in [0.15, 0.2) is 0 Å². The van der Waals surface area contributed by atoms with Gasteiger partial charge < -0.3 is 10.0 Å². The van der Waals surface area contributed by atoms with E-state index in [0.717, 1.165) is 16.7 Å². The molecule has 4 nitrogen and oxygen atoms in total. The van der Waals surface area contributed by atoms with Crippen LogP contribution in [0.1, 0.15) is 40.9 Å². The van der Waals surface area contributed by atoms with Gasteiger partial charge >= 0.3 is 5.97 Å². The second kappa shape index (κ2) is 6.87. The molecule has 0 aliphatic heterocycles. The molecule has 0 heterocycles. The monoisotopic (exact) mass is 325 g/mol. The lowest BCUT2D eigenvalue weighted by Crippen LogP contribution is -2.41. The van der Waals surface area contributed by atoms with Crippen molar-refractivity contribution in [1.29, 1.82) is 0 Å². The summed E-state index contributed by atoms with van der Waals surface area (Å²) in [6.45, 7) is 6.31. The van der Waals surface area contributed by atoms with Crippen molar-refractivity contribution in [2.45, 2.75) is 32.7 Å². The summed E-state index contributed by atoms with van der Waals surface area (Å²) in [6, 6.07) is 14.5. The molecule has 0 fully saturated rings. The molecule has 2 rings (SSSR count). The van der Waals surface area contributed by atoms with Crippen molar-refractivity contribution < 1.29 is 14.7 Å². The fourth-order valence-corrected chi connectivity index (χ4v) is 2.96. The molecule has 0 unspecified atom stereocenters. The average Bonchev–Trinajstić information content (AvgIpc) is 2.54.